The van der Waals surface area contributed by atoms with E-state index in [0.717, 1.165) is 22.3 Å². The van der Waals surface area contributed by atoms with Gasteiger partial charge in [-0.25, -0.2) is 9.59 Å². The quantitative estimate of drug-likeness (QED) is 0.414. The molecule has 6 heteroatoms. The molecule has 6 nitrogen and oxygen atoms in total. The molecule has 4 N–H and O–H groups in total. The lowest BCUT2D eigenvalue weighted by molar-refractivity contribution is 0.0683. The Balaban J connectivity index is 2.09. The number of rotatable bonds is 6. The number of anilines is 4. The maximum atomic E-state index is 11.9. The number of carbonyl (C=O) groups is 2. The number of hydrogen-bond donors (Lipinski definition) is 4. The van der Waals surface area contributed by atoms with Gasteiger partial charge in [-0.2, -0.15) is 0 Å². The highest BCUT2D eigenvalue weighted by Crippen LogP contribution is 2.31. The van der Waals surface area contributed by atoms with E-state index < -0.39 is 11.9 Å². The third kappa shape index (κ3) is 4.78. The van der Waals surface area contributed by atoms with E-state index in [2.05, 4.69) is 10.6 Å². The summed E-state index contributed by atoms with van der Waals surface area (Å²) in [5.74, 6) is -2.30. The summed E-state index contributed by atoms with van der Waals surface area (Å²) in [7, 11) is 0. The number of aryl methyl sites for hydroxylation is 4. The maximum absolute atomic E-state index is 11.9. The standard InChI is InChI=1S/C24H24N2O4/c1-13-5-14(2)8-17(7-13)25-21-11-20(24(29)30)22(12-19(21)23(27)28)26-18-9-15(3)6-16(4)10-18/h5-12,25-26H,1-4H3,(H,27,28)(H,29,30). The second-order valence-corrected chi connectivity index (χ2v) is 7.56. The second-order valence-electron chi connectivity index (χ2n) is 7.56. The number of nitrogens with one attached hydrogen (secondary N) is 2. The van der Waals surface area contributed by atoms with Gasteiger partial charge in [-0.1, -0.05) is 12.1 Å². The number of benzene rings is 3. The van der Waals surface area contributed by atoms with Crippen LogP contribution >= 0.6 is 0 Å². The van der Waals surface area contributed by atoms with Crippen LogP contribution in [-0.2, 0) is 0 Å². The molecule has 0 aliphatic carbocycles. The molecule has 0 atom stereocenters. The Morgan fingerprint density at radius 2 is 0.867 bits per heavy atom. The van der Waals surface area contributed by atoms with Crippen molar-refractivity contribution < 1.29 is 19.8 Å². The fraction of sp³-hybridized carbons (Fsp3) is 0.167. The summed E-state index contributed by atoms with van der Waals surface area (Å²) in [5, 5.41) is 25.6. The minimum Gasteiger partial charge on any atom is -0.478 e. The van der Waals surface area contributed by atoms with Crippen molar-refractivity contribution in [3.8, 4) is 0 Å². The Morgan fingerprint density at radius 3 is 1.13 bits per heavy atom. The van der Waals surface area contributed by atoms with Crippen molar-refractivity contribution in [2.75, 3.05) is 10.6 Å². The van der Waals surface area contributed by atoms with Gasteiger partial charge in [0.15, 0.2) is 0 Å². The van der Waals surface area contributed by atoms with E-state index in [-0.39, 0.29) is 22.5 Å². The lowest BCUT2D eigenvalue weighted by Gasteiger charge is -2.17. The summed E-state index contributed by atoms with van der Waals surface area (Å²) >= 11 is 0. The van der Waals surface area contributed by atoms with Crippen LogP contribution in [0.1, 0.15) is 43.0 Å². The Hall–Kier alpha value is -3.80. The average molecular weight is 404 g/mol. The van der Waals surface area contributed by atoms with E-state index in [1.54, 1.807) is 0 Å². The zero-order valence-electron chi connectivity index (χ0n) is 17.3. The van der Waals surface area contributed by atoms with Crippen molar-refractivity contribution in [2.24, 2.45) is 0 Å². The summed E-state index contributed by atoms with van der Waals surface area (Å²) < 4.78 is 0. The number of hydrogen-bond acceptors (Lipinski definition) is 4. The van der Waals surface area contributed by atoms with Crippen molar-refractivity contribution in [1.82, 2.24) is 0 Å². The average Bonchev–Trinajstić information content (AvgIpc) is 2.60. The lowest BCUT2D eigenvalue weighted by Crippen LogP contribution is -2.09. The molecule has 0 saturated heterocycles. The molecule has 0 aliphatic rings. The van der Waals surface area contributed by atoms with Gasteiger partial charge in [0.2, 0.25) is 0 Å². The molecule has 3 rings (SSSR count). The summed E-state index contributed by atoms with van der Waals surface area (Å²) in [4.78, 5) is 23.8. The highest BCUT2D eigenvalue weighted by molar-refractivity contribution is 6.03. The molecular formula is C24H24N2O4. The Morgan fingerprint density at radius 1 is 0.567 bits per heavy atom. The van der Waals surface area contributed by atoms with Crippen LogP contribution in [0.3, 0.4) is 0 Å². The summed E-state index contributed by atoms with van der Waals surface area (Å²) in [6, 6.07) is 14.2. The normalized spacial score (nSPS) is 10.5. The van der Waals surface area contributed by atoms with Crippen molar-refractivity contribution >= 4 is 34.7 Å². The van der Waals surface area contributed by atoms with Crippen molar-refractivity contribution in [2.45, 2.75) is 27.7 Å². The van der Waals surface area contributed by atoms with Crippen LogP contribution in [0.5, 0.6) is 0 Å². The Labute approximate surface area is 175 Å². The van der Waals surface area contributed by atoms with E-state index in [4.69, 9.17) is 0 Å². The van der Waals surface area contributed by atoms with E-state index in [1.165, 1.54) is 12.1 Å². The van der Waals surface area contributed by atoms with Crippen molar-refractivity contribution in [3.63, 3.8) is 0 Å². The van der Waals surface area contributed by atoms with Gasteiger partial charge in [-0.05, 0) is 86.3 Å². The third-order valence-corrected chi connectivity index (χ3v) is 4.62. The zero-order chi connectivity index (χ0) is 22.0. The molecule has 0 saturated carbocycles. The molecule has 30 heavy (non-hydrogen) atoms. The van der Waals surface area contributed by atoms with Gasteiger partial charge in [0.05, 0.1) is 22.5 Å². The number of carboxylic acids is 2. The molecule has 0 unspecified atom stereocenters. The molecule has 3 aromatic rings. The zero-order valence-corrected chi connectivity index (χ0v) is 17.3. The molecule has 0 heterocycles. The van der Waals surface area contributed by atoms with Crippen LogP contribution in [0.15, 0.2) is 48.5 Å². The van der Waals surface area contributed by atoms with Gasteiger partial charge in [0.1, 0.15) is 0 Å². The largest absolute Gasteiger partial charge is 0.478 e. The molecule has 0 aromatic heterocycles. The molecule has 0 spiro atoms. The minimum absolute atomic E-state index is 0.0222. The van der Waals surface area contributed by atoms with E-state index in [9.17, 15) is 19.8 Å². The van der Waals surface area contributed by atoms with Gasteiger partial charge in [0, 0.05) is 11.4 Å². The van der Waals surface area contributed by atoms with Crippen LogP contribution in [0.25, 0.3) is 0 Å². The fourth-order valence-corrected chi connectivity index (χ4v) is 3.57. The van der Waals surface area contributed by atoms with Gasteiger partial charge in [-0.3, -0.25) is 0 Å². The molecule has 0 fully saturated rings. The van der Waals surface area contributed by atoms with E-state index in [1.807, 2.05) is 64.1 Å². The number of carboxylic acid groups (broad SMARTS) is 2. The Kier molecular flexibility index (Phi) is 5.78. The monoisotopic (exact) mass is 404 g/mol. The minimum atomic E-state index is -1.15. The summed E-state index contributed by atoms with van der Waals surface area (Å²) in [5.41, 5.74) is 5.84. The molecule has 0 amide bonds. The molecular weight excluding hydrogens is 380 g/mol. The Bertz CT molecular complexity index is 1020. The first-order valence-electron chi connectivity index (χ1n) is 9.47. The predicted octanol–water partition coefficient (Wildman–Crippen LogP) is 5.80. The molecule has 3 aromatic carbocycles. The van der Waals surface area contributed by atoms with Crippen molar-refractivity contribution in [1.29, 1.82) is 0 Å². The van der Waals surface area contributed by atoms with Crippen LogP contribution in [-0.4, -0.2) is 22.2 Å². The molecule has 154 valence electrons. The number of aromatic carboxylic acids is 2. The van der Waals surface area contributed by atoms with Gasteiger partial charge in [-0.15, -0.1) is 0 Å². The van der Waals surface area contributed by atoms with Crippen LogP contribution in [0.2, 0.25) is 0 Å². The van der Waals surface area contributed by atoms with E-state index in [0.29, 0.717) is 11.4 Å². The third-order valence-electron chi connectivity index (χ3n) is 4.62. The topological polar surface area (TPSA) is 98.7 Å². The van der Waals surface area contributed by atoms with Crippen LogP contribution < -0.4 is 10.6 Å². The highest BCUT2D eigenvalue weighted by atomic mass is 16.4. The summed E-state index contributed by atoms with van der Waals surface area (Å²) in [6.07, 6.45) is 0. The molecule has 0 aliphatic heterocycles. The van der Waals surface area contributed by atoms with E-state index >= 15 is 0 Å². The first kappa shape index (κ1) is 20.9. The van der Waals surface area contributed by atoms with Crippen LogP contribution in [0.4, 0.5) is 22.7 Å². The smallest absolute Gasteiger partial charge is 0.337 e. The predicted molar refractivity (Wildman–Crippen MR) is 119 cm³/mol. The molecule has 0 bridgehead atoms. The summed E-state index contributed by atoms with van der Waals surface area (Å²) in [6.45, 7) is 7.76. The second kappa shape index (κ2) is 8.29. The first-order chi connectivity index (χ1) is 14.1. The lowest BCUT2D eigenvalue weighted by atomic mass is 10.0. The van der Waals surface area contributed by atoms with Crippen LogP contribution in [0, 0.1) is 27.7 Å². The maximum Gasteiger partial charge on any atom is 0.337 e. The van der Waals surface area contributed by atoms with Gasteiger partial charge >= 0.3 is 11.9 Å². The van der Waals surface area contributed by atoms with Gasteiger partial charge in [0.25, 0.3) is 0 Å². The fourth-order valence-electron chi connectivity index (χ4n) is 3.57. The highest BCUT2D eigenvalue weighted by Gasteiger charge is 2.19. The first-order valence-corrected chi connectivity index (χ1v) is 9.47. The van der Waals surface area contributed by atoms with Gasteiger partial charge < -0.3 is 20.8 Å². The van der Waals surface area contributed by atoms with Crippen molar-refractivity contribution in [3.05, 3.63) is 81.9 Å². The SMILES string of the molecule is Cc1cc(C)cc(Nc2cc(C(=O)O)c(Nc3cc(C)cc(C)c3)cc2C(=O)O)c1. The molecule has 0 radical (unpaired) electrons.